The van der Waals surface area contributed by atoms with E-state index in [9.17, 15) is 0 Å². The summed E-state index contributed by atoms with van der Waals surface area (Å²) in [4.78, 5) is 0. The molecule has 0 atom stereocenters. The number of rotatable bonds is 3. The van der Waals surface area contributed by atoms with Crippen LogP contribution in [0.1, 0.15) is 27.8 Å². The molecule has 22 heavy (non-hydrogen) atoms. The number of benzene rings is 3. The van der Waals surface area contributed by atoms with E-state index in [2.05, 4.69) is 87.5 Å². The maximum atomic E-state index is 2.27. The molecule has 0 bridgehead atoms. The summed E-state index contributed by atoms with van der Waals surface area (Å²) in [7, 11) is 0. The lowest BCUT2D eigenvalue weighted by molar-refractivity contribution is 1.14. The summed E-state index contributed by atoms with van der Waals surface area (Å²) in [6.45, 7) is 6.57. The zero-order chi connectivity index (χ0) is 15.5. The van der Waals surface area contributed by atoms with Gasteiger partial charge in [0.1, 0.15) is 0 Å². The van der Waals surface area contributed by atoms with Crippen LogP contribution in [0, 0.1) is 20.8 Å². The molecule has 0 nitrogen and oxygen atoms in total. The standard InChI is InChI=1S/C22H22/c1-16-9-12-19(13-10-16)15-22-18(3)17(2)11-14-21(22)20-7-5-4-6-8-20/h4-14H,15H2,1-3H3. The van der Waals surface area contributed by atoms with Crippen LogP contribution in [0.15, 0.2) is 66.7 Å². The van der Waals surface area contributed by atoms with Gasteiger partial charge >= 0.3 is 0 Å². The number of hydrogen-bond acceptors (Lipinski definition) is 0. The summed E-state index contributed by atoms with van der Waals surface area (Å²) in [5.41, 5.74) is 9.54. The van der Waals surface area contributed by atoms with E-state index < -0.39 is 0 Å². The van der Waals surface area contributed by atoms with Gasteiger partial charge in [0.25, 0.3) is 0 Å². The van der Waals surface area contributed by atoms with Crippen molar-refractivity contribution in [3.8, 4) is 11.1 Å². The van der Waals surface area contributed by atoms with Crippen molar-refractivity contribution < 1.29 is 0 Å². The van der Waals surface area contributed by atoms with Crippen LogP contribution < -0.4 is 0 Å². The molecule has 0 unspecified atom stereocenters. The first-order chi connectivity index (χ1) is 10.6. The van der Waals surface area contributed by atoms with Crippen LogP contribution in [0.4, 0.5) is 0 Å². The molecule has 0 spiro atoms. The largest absolute Gasteiger partial charge is 0.0622 e. The van der Waals surface area contributed by atoms with E-state index in [1.807, 2.05) is 0 Å². The summed E-state index contributed by atoms with van der Waals surface area (Å²) in [5, 5.41) is 0. The molecule has 3 aromatic rings. The molecule has 0 aliphatic rings. The zero-order valence-corrected chi connectivity index (χ0v) is 13.6. The summed E-state index contributed by atoms with van der Waals surface area (Å²) in [6, 6.07) is 24.1. The Kier molecular flexibility index (Phi) is 4.11. The van der Waals surface area contributed by atoms with Crippen molar-refractivity contribution in [1.29, 1.82) is 0 Å². The molecule has 0 heteroatoms. The molecule has 0 saturated carbocycles. The molecule has 0 aromatic heterocycles. The molecule has 3 rings (SSSR count). The monoisotopic (exact) mass is 286 g/mol. The lowest BCUT2D eigenvalue weighted by atomic mass is 9.89. The topological polar surface area (TPSA) is 0 Å². The van der Waals surface area contributed by atoms with Crippen molar-refractivity contribution in [2.45, 2.75) is 27.2 Å². The maximum Gasteiger partial charge on any atom is -0.00169 e. The summed E-state index contributed by atoms with van der Waals surface area (Å²) >= 11 is 0. The van der Waals surface area contributed by atoms with E-state index in [4.69, 9.17) is 0 Å². The van der Waals surface area contributed by atoms with Crippen LogP contribution >= 0.6 is 0 Å². The van der Waals surface area contributed by atoms with Gasteiger partial charge in [0.2, 0.25) is 0 Å². The maximum absolute atomic E-state index is 2.27. The number of hydrogen-bond donors (Lipinski definition) is 0. The molecule has 0 amide bonds. The van der Waals surface area contributed by atoms with E-state index in [1.54, 1.807) is 0 Å². The highest BCUT2D eigenvalue weighted by Gasteiger charge is 2.10. The van der Waals surface area contributed by atoms with Gasteiger partial charge < -0.3 is 0 Å². The predicted molar refractivity (Wildman–Crippen MR) is 95.3 cm³/mol. The molecule has 0 saturated heterocycles. The van der Waals surface area contributed by atoms with Gasteiger partial charge in [-0.1, -0.05) is 72.3 Å². The summed E-state index contributed by atoms with van der Waals surface area (Å²) < 4.78 is 0. The molecular formula is C22H22. The van der Waals surface area contributed by atoms with Gasteiger partial charge in [0.15, 0.2) is 0 Å². The molecule has 0 aliphatic heterocycles. The van der Waals surface area contributed by atoms with E-state index in [1.165, 1.54) is 38.9 Å². The fourth-order valence-electron chi connectivity index (χ4n) is 2.90. The van der Waals surface area contributed by atoms with Gasteiger partial charge in [-0.05, 0) is 60.6 Å². The van der Waals surface area contributed by atoms with Crippen LogP contribution in [-0.4, -0.2) is 0 Å². The van der Waals surface area contributed by atoms with Crippen molar-refractivity contribution in [2.75, 3.05) is 0 Å². The normalized spacial score (nSPS) is 10.7. The smallest absolute Gasteiger partial charge is 0.00169 e. The quantitative estimate of drug-likeness (QED) is 0.565. The lowest BCUT2D eigenvalue weighted by Gasteiger charge is -2.15. The van der Waals surface area contributed by atoms with Crippen LogP contribution in [0.5, 0.6) is 0 Å². The molecule has 0 heterocycles. The Labute approximate surface area is 133 Å². The van der Waals surface area contributed by atoms with Gasteiger partial charge in [-0.2, -0.15) is 0 Å². The molecule has 0 aliphatic carbocycles. The molecule has 0 fully saturated rings. The minimum atomic E-state index is 0.984. The van der Waals surface area contributed by atoms with Crippen molar-refractivity contribution >= 4 is 0 Å². The summed E-state index contributed by atoms with van der Waals surface area (Å²) in [6.07, 6.45) is 0.984. The van der Waals surface area contributed by atoms with Gasteiger partial charge in [-0.25, -0.2) is 0 Å². The first kappa shape index (κ1) is 14.6. The third-order valence-electron chi connectivity index (χ3n) is 4.46. The predicted octanol–water partition coefficient (Wildman–Crippen LogP) is 5.87. The Morgan fingerprint density at radius 3 is 2.05 bits per heavy atom. The highest BCUT2D eigenvalue weighted by Crippen LogP contribution is 2.30. The first-order valence-corrected chi connectivity index (χ1v) is 7.85. The molecule has 110 valence electrons. The van der Waals surface area contributed by atoms with Gasteiger partial charge in [-0.3, -0.25) is 0 Å². The van der Waals surface area contributed by atoms with Crippen molar-refractivity contribution in [1.82, 2.24) is 0 Å². The Hall–Kier alpha value is -2.34. The highest BCUT2D eigenvalue weighted by atomic mass is 14.1. The second-order valence-corrected chi connectivity index (χ2v) is 6.06. The van der Waals surface area contributed by atoms with Gasteiger partial charge in [0.05, 0.1) is 0 Å². The van der Waals surface area contributed by atoms with Crippen LogP contribution in [0.2, 0.25) is 0 Å². The van der Waals surface area contributed by atoms with Gasteiger partial charge in [-0.15, -0.1) is 0 Å². The SMILES string of the molecule is Cc1ccc(Cc2c(-c3ccccc3)ccc(C)c2C)cc1. The van der Waals surface area contributed by atoms with E-state index in [0.29, 0.717) is 0 Å². The third-order valence-corrected chi connectivity index (χ3v) is 4.46. The molecule has 3 aromatic carbocycles. The molecular weight excluding hydrogens is 264 g/mol. The Morgan fingerprint density at radius 1 is 0.682 bits per heavy atom. The minimum absolute atomic E-state index is 0.984. The van der Waals surface area contributed by atoms with E-state index in [0.717, 1.165) is 6.42 Å². The average Bonchev–Trinajstić information content (AvgIpc) is 2.55. The highest BCUT2D eigenvalue weighted by molar-refractivity contribution is 5.70. The van der Waals surface area contributed by atoms with E-state index >= 15 is 0 Å². The first-order valence-electron chi connectivity index (χ1n) is 7.85. The van der Waals surface area contributed by atoms with Crippen LogP contribution in [0.25, 0.3) is 11.1 Å². The Bertz CT molecular complexity index is 765. The average molecular weight is 286 g/mol. The Morgan fingerprint density at radius 2 is 1.36 bits per heavy atom. The second-order valence-electron chi connectivity index (χ2n) is 6.06. The second kappa shape index (κ2) is 6.19. The fourth-order valence-corrected chi connectivity index (χ4v) is 2.90. The third kappa shape index (κ3) is 2.96. The molecule has 0 N–H and O–H groups in total. The van der Waals surface area contributed by atoms with Crippen molar-refractivity contribution in [3.05, 3.63) is 94.5 Å². The van der Waals surface area contributed by atoms with Crippen LogP contribution in [-0.2, 0) is 6.42 Å². The van der Waals surface area contributed by atoms with E-state index in [-0.39, 0.29) is 0 Å². The molecule has 0 radical (unpaired) electrons. The lowest BCUT2D eigenvalue weighted by Crippen LogP contribution is -1.98. The Balaban J connectivity index is 2.08. The van der Waals surface area contributed by atoms with Crippen molar-refractivity contribution in [2.24, 2.45) is 0 Å². The van der Waals surface area contributed by atoms with Crippen molar-refractivity contribution in [3.63, 3.8) is 0 Å². The van der Waals surface area contributed by atoms with Gasteiger partial charge in [0, 0.05) is 0 Å². The van der Waals surface area contributed by atoms with Crippen LogP contribution in [0.3, 0.4) is 0 Å². The fraction of sp³-hybridized carbons (Fsp3) is 0.182. The minimum Gasteiger partial charge on any atom is -0.0622 e. The summed E-state index contributed by atoms with van der Waals surface area (Å²) in [5.74, 6) is 0. The zero-order valence-electron chi connectivity index (χ0n) is 13.6. The number of aryl methyl sites for hydroxylation is 2.